The van der Waals surface area contributed by atoms with E-state index in [1.54, 1.807) is 7.05 Å². The molecule has 152 valence electrons. The molecule has 4 rings (SSSR count). The zero-order chi connectivity index (χ0) is 21.3. The number of aryl methyl sites for hydroxylation is 3. The molecule has 0 bridgehead atoms. The summed E-state index contributed by atoms with van der Waals surface area (Å²) in [5.74, 6) is 0.781. The van der Waals surface area contributed by atoms with Crippen molar-refractivity contribution in [3.8, 4) is 22.6 Å². The Bertz CT molecular complexity index is 1260. The topological polar surface area (TPSA) is 61.9 Å². The van der Waals surface area contributed by atoms with Crippen molar-refractivity contribution in [3.05, 3.63) is 92.9 Å². The largest absolute Gasteiger partial charge is 0.489 e. The Morgan fingerprint density at radius 1 is 0.933 bits per heavy atom. The molecule has 0 N–H and O–H groups in total. The second-order valence-corrected chi connectivity index (χ2v) is 7.58. The summed E-state index contributed by atoms with van der Waals surface area (Å²) in [6.45, 7) is 4.30. The highest BCUT2D eigenvalue weighted by Gasteiger charge is 2.14. The van der Waals surface area contributed by atoms with E-state index in [2.05, 4.69) is 16.5 Å². The van der Waals surface area contributed by atoms with Crippen molar-refractivity contribution in [1.82, 2.24) is 19.8 Å². The smallest absolute Gasteiger partial charge is 0.368 e. The Labute approximate surface area is 179 Å². The van der Waals surface area contributed by atoms with Crippen LogP contribution >= 0.6 is 11.6 Å². The average Bonchev–Trinajstić information content (AvgIpc) is 3.07. The zero-order valence-corrected chi connectivity index (χ0v) is 17.7. The van der Waals surface area contributed by atoms with Crippen LogP contribution in [-0.2, 0) is 13.7 Å². The van der Waals surface area contributed by atoms with Gasteiger partial charge < -0.3 is 4.74 Å². The molecule has 0 unspecified atom stereocenters. The summed E-state index contributed by atoms with van der Waals surface area (Å²) in [5.41, 5.74) is 5.39. The van der Waals surface area contributed by atoms with E-state index in [0.29, 0.717) is 17.3 Å². The van der Waals surface area contributed by atoms with E-state index in [-0.39, 0.29) is 5.69 Å². The highest BCUT2D eigenvalue weighted by molar-refractivity contribution is 6.30. The third-order valence-electron chi connectivity index (χ3n) is 5.07. The Kier molecular flexibility index (Phi) is 5.42. The summed E-state index contributed by atoms with van der Waals surface area (Å²) in [7, 11) is 1.57. The first kappa shape index (κ1) is 19.9. The minimum atomic E-state index is -0.303. The van der Waals surface area contributed by atoms with Crippen LogP contribution in [0.15, 0.2) is 65.5 Å². The molecule has 0 amide bonds. The SMILES string of the molecule is Cc1ccc(-c2ccc(Cl)cc2)cc1OCc1c(C)cccc1-n1nnn(C)c1=O. The molecule has 0 saturated heterocycles. The molecule has 0 spiro atoms. The minimum Gasteiger partial charge on any atom is -0.489 e. The molecule has 7 heteroatoms. The van der Waals surface area contributed by atoms with Gasteiger partial charge in [0.2, 0.25) is 0 Å². The van der Waals surface area contributed by atoms with E-state index in [9.17, 15) is 4.79 Å². The Morgan fingerprint density at radius 3 is 2.37 bits per heavy atom. The maximum Gasteiger partial charge on any atom is 0.368 e. The molecular weight excluding hydrogens is 400 g/mol. The molecule has 0 aliphatic heterocycles. The van der Waals surface area contributed by atoms with E-state index in [1.807, 2.05) is 68.4 Å². The Hall–Kier alpha value is -3.38. The molecule has 3 aromatic carbocycles. The lowest BCUT2D eigenvalue weighted by Gasteiger charge is -2.15. The standard InChI is InChI=1S/C23H21ClN4O2/c1-15-5-4-6-21(28-23(29)27(3)25-26-28)20(15)14-30-22-13-18(8-7-16(22)2)17-9-11-19(24)12-10-17/h4-13H,14H2,1-3H3. The molecule has 0 aliphatic rings. The van der Waals surface area contributed by atoms with E-state index >= 15 is 0 Å². The second kappa shape index (κ2) is 8.16. The first-order valence-corrected chi connectivity index (χ1v) is 9.89. The summed E-state index contributed by atoms with van der Waals surface area (Å²) < 4.78 is 8.70. The van der Waals surface area contributed by atoms with Gasteiger partial charge >= 0.3 is 5.69 Å². The number of tetrazole rings is 1. The van der Waals surface area contributed by atoms with Crippen molar-refractivity contribution in [2.24, 2.45) is 7.05 Å². The van der Waals surface area contributed by atoms with Crippen LogP contribution in [0.4, 0.5) is 0 Å². The van der Waals surface area contributed by atoms with Gasteiger partial charge in [-0.1, -0.05) is 48.0 Å². The van der Waals surface area contributed by atoms with Gasteiger partial charge in [0.15, 0.2) is 0 Å². The van der Waals surface area contributed by atoms with Gasteiger partial charge in [-0.3, -0.25) is 0 Å². The number of benzene rings is 3. The number of ether oxygens (including phenoxy) is 1. The highest BCUT2D eigenvalue weighted by Crippen LogP contribution is 2.29. The molecular formula is C23H21ClN4O2. The monoisotopic (exact) mass is 420 g/mol. The maximum atomic E-state index is 12.3. The number of hydrogen-bond donors (Lipinski definition) is 0. The van der Waals surface area contributed by atoms with Crippen LogP contribution in [0.25, 0.3) is 16.8 Å². The van der Waals surface area contributed by atoms with E-state index < -0.39 is 0 Å². The Balaban J connectivity index is 1.66. The fraction of sp³-hybridized carbons (Fsp3) is 0.174. The second-order valence-electron chi connectivity index (χ2n) is 7.15. The maximum absolute atomic E-state index is 12.3. The van der Waals surface area contributed by atoms with Crippen LogP contribution in [0.3, 0.4) is 0 Å². The van der Waals surface area contributed by atoms with Gasteiger partial charge in [-0.2, -0.15) is 9.36 Å². The van der Waals surface area contributed by atoms with Crippen molar-refractivity contribution >= 4 is 11.6 Å². The number of halogens is 1. The lowest BCUT2D eigenvalue weighted by molar-refractivity contribution is 0.303. The first-order chi connectivity index (χ1) is 14.4. The normalized spacial score (nSPS) is 10.9. The predicted molar refractivity (Wildman–Crippen MR) is 117 cm³/mol. The molecule has 0 fully saturated rings. The van der Waals surface area contributed by atoms with Gasteiger partial charge in [-0.15, -0.1) is 0 Å². The molecule has 0 radical (unpaired) electrons. The third kappa shape index (κ3) is 3.86. The lowest BCUT2D eigenvalue weighted by Crippen LogP contribution is -2.23. The summed E-state index contributed by atoms with van der Waals surface area (Å²) in [4.78, 5) is 12.3. The minimum absolute atomic E-state index is 0.302. The summed E-state index contributed by atoms with van der Waals surface area (Å²) >= 11 is 6.01. The van der Waals surface area contributed by atoms with Gasteiger partial charge in [-0.05, 0) is 70.8 Å². The van der Waals surface area contributed by atoms with Gasteiger partial charge in [0, 0.05) is 17.6 Å². The van der Waals surface area contributed by atoms with Gasteiger partial charge in [0.1, 0.15) is 12.4 Å². The van der Waals surface area contributed by atoms with Crippen molar-refractivity contribution in [2.75, 3.05) is 0 Å². The fourth-order valence-electron chi connectivity index (χ4n) is 3.27. The summed E-state index contributed by atoms with van der Waals surface area (Å²) in [5, 5.41) is 8.49. The Morgan fingerprint density at radius 2 is 1.67 bits per heavy atom. The van der Waals surface area contributed by atoms with Gasteiger partial charge in [0.05, 0.1) is 5.69 Å². The lowest BCUT2D eigenvalue weighted by atomic mass is 10.0. The average molecular weight is 421 g/mol. The molecule has 1 heterocycles. The van der Waals surface area contributed by atoms with Gasteiger partial charge in [-0.25, -0.2) is 4.79 Å². The molecule has 30 heavy (non-hydrogen) atoms. The van der Waals surface area contributed by atoms with Crippen molar-refractivity contribution < 1.29 is 4.74 Å². The van der Waals surface area contributed by atoms with Crippen LogP contribution in [0.1, 0.15) is 16.7 Å². The molecule has 0 atom stereocenters. The van der Waals surface area contributed by atoms with Crippen LogP contribution in [0, 0.1) is 13.8 Å². The number of rotatable bonds is 5. The van der Waals surface area contributed by atoms with Crippen LogP contribution in [0.5, 0.6) is 5.75 Å². The number of nitrogens with zero attached hydrogens (tertiary/aromatic N) is 4. The molecule has 4 aromatic rings. The first-order valence-electron chi connectivity index (χ1n) is 9.51. The van der Waals surface area contributed by atoms with Gasteiger partial charge in [0.25, 0.3) is 0 Å². The van der Waals surface area contributed by atoms with Crippen LogP contribution in [0.2, 0.25) is 5.02 Å². The highest BCUT2D eigenvalue weighted by atomic mass is 35.5. The van der Waals surface area contributed by atoms with Crippen LogP contribution in [-0.4, -0.2) is 19.8 Å². The molecule has 1 aromatic heterocycles. The molecule has 0 saturated carbocycles. The number of hydrogen-bond acceptors (Lipinski definition) is 4. The summed E-state index contributed by atoms with van der Waals surface area (Å²) in [6, 6.07) is 19.5. The quantitative estimate of drug-likeness (QED) is 0.477. The molecule has 6 nitrogen and oxygen atoms in total. The summed E-state index contributed by atoms with van der Waals surface area (Å²) in [6.07, 6.45) is 0. The number of aromatic nitrogens is 4. The third-order valence-corrected chi connectivity index (χ3v) is 5.33. The van der Waals surface area contributed by atoms with E-state index in [4.69, 9.17) is 16.3 Å². The van der Waals surface area contributed by atoms with Crippen molar-refractivity contribution in [1.29, 1.82) is 0 Å². The fourth-order valence-corrected chi connectivity index (χ4v) is 3.39. The van der Waals surface area contributed by atoms with Crippen LogP contribution < -0.4 is 10.4 Å². The van der Waals surface area contributed by atoms with Crippen molar-refractivity contribution in [2.45, 2.75) is 20.5 Å². The van der Waals surface area contributed by atoms with E-state index in [0.717, 1.165) is 33.6 Å². The molecule has 0 aliphatic carbocycles. The zero-order valence-electron chi connectivity index (χ0n) is 17.0. The van der Waals surface area contributed by atoms with Crippen molar-refractivity contribution in [3.63, 3.8) is 0 Å². The predicted octanol–water partition coefficient (Wildman–Crippen LogP) is 4.48. The van der Waals surface area contributed by atoms with E-state index in [1.165, 1.54) is 9.36 Å².